The lowest BCUT2D eigenvalue weighted by Crippen LogP contribution is -2.45. The summed E-state index contributed by atoms with van der Waals surface area (Å²) >= 11 is 0. The van der Waals surface area contributed by atoms with Crippen LogP contribution in [-0.4, -0.2) is 55.6 Å². The van der Waals surface area contributed by atoms with Crippen LogP contribution in [0.25, 0.3) is 33.5 Å². The summed E-state index contributed by atoms with van der Waals surface area (Å²) in [6.45, 7) is 0.749. The summed E-state index contributed by atoms with van der Waals surface area (Å²) < 4.78 is 13.6. The molecule has 2 atom stereocenters. The van der Waals surface area contributed by atoms with E-state index in [-0.39, 0.29) is 6.54 Å². The number of aromatic nitrogens is 5. The minimum atomic E-state index is -1.18. The van der Waals surface area contributed by atoms with Crippen molar-refractivity contribution in [2.24, 2.45) is 0 Å². The zero-order valence-corrected chi connectivity index (χ0v) is 15.5. The van der Waals surface area contributed by atoms with Crippen molar-refractivity contribution in [3.63, 3.8) is 0 Å². The SMILES string of the molecule is OC1CN(c2cccc(-c3n[nH]c4cnc(-c5cccnc5)cc34)n2)CCC1F. The standard InChI is InChI=1S/C21H19FN6O/c22-15-6-8-28(12-19(15)29)20-5-1-4-16(25-20)21-14-9-17(13-3-2-7-23-10-13)24-11-18(14)26-27-21/h1-5,7,9-11,15,19,29H,6,8,12H2,(H,26,27). The van der Waals surface area contributed by atoms with Gasteiger partial charge >= 0.3 is 0 Å². The molecule has 2 N–H and O–H groups in total. The topological polar surface area (TPSA) is 90.8 Å². The highest BCUT2D eigenvalue weighted by Gasteiger charge is 2.28. The molecule has 0 saturated carbocycles. The van der Waals surface area contributed by atoms with Crippen LogP contribution in [0.5, 0.6) is 0 Å². The van der Waals surface area contributed by atoms with Gasteiger partial charge in [-0.2, -0.15) is 5.10 Å². The fourth-order valence-corrected chi connectivity index (χ4v) is 3.63. The van der Waals surface area contributed by atoms with Crippen LogP contribution in [0.4, 0.5) is 10.2 Å². The number of alkyl halides is 1. The third kappa shape index (κ3) is 3.31. The molecule has 0 aromatic carbocycles. The molecule has 8 heteroatoms. The van der Waals surface area contributed by atoms with Crippen LogP contribution in [0.1, 0.15) is 6.42 Å². The molecule has 0 amide bonds. The Labute approximate surface area is 166 Å². The molecule has 4 aromatic rings. The number of pyridine rings is 3. The molecule has 1 fully saturated rings. The predicted octanol–water partition coefficient (Wildman–Crippen LogP) is 2.99. The van der Waals surface area contributed by atoms with Gasteiger partial charge in [0, 0.05) is 36.4 Å². The molecule has 1 saturated heterocycles. The normalized spacial score (nSPS) is 19.6. The quantitative estimate of drug-likeness (QED) is 0.559. The van der Waals surface area contributed by atoms with Gasteiger partial charge in [0.05, 0.1) is 23.1 Å². The monoisotopic (exact) mass is 390 g/mol. The molecule has 0 radical (unpaired) electrons. The van der Waals surface area contributed by atoms with Crippen molar-refractivity contribution in [1.29, 1.82) is 0 Å². The van der Waals surface area contributed by atoms with E-state index in [1.165, 1.54) is 0 Å². The van der Waals surface area contributed by atoms with Crippen molar-refractivity contribution < 1.29 is 9.50 Å². The van der Waals surface area contributed by atoms with Crippen LogP contribution in [-0.2, 0) is 0 Å². The van der Waals surface area contributed by atoms with Crippen molar-refractivity contribution in [3.8, 4) is 22.6 Å². The van der Waals surface area contributed by atoms with Crippen molar-refractivity contribution >= 4 is 16.7 Å². The van der Waals surface area contributed by atoms with E-state index in [0.717, 1.165) is 27.9 Å². The molecule has 5 rings (SSSR count). The Kier molecular flexibility index (Phi) is 4.40. The number of rotatable bonds is 3. The molecule has 29 heavy (non-hydrogen) atoms. The van der Waals surface area contributed by atoms with Crippen LogP contribution < -0.4 is 4.90 Å². The molecule has 146 valence electrons. The third-order valence-corrected chi connectivity index (χ3v) is 5.21. The number of hydrogen-bond donors (Lipinski definition) is 2. The van der Waals surface area contributed by atoms with E-state index < -0.39 is 12.3 Å². The summed E-state index contributed by atoms with van der Waals surface area (Å²) in [5.74, 6) is 0.700. The van der Waals surface area contributed by atoms with Gasteiger partial charge in [0.15, 0.2) is 0 Å². The molecule has 0 spiro atoms. The molecule has 1 aliphatic rings. The first-order chi connectivity index (χ1) is 14.2. The van der Waals surface area contributed by atoms with E-state index in [2.05, 4.69) is 20.2 Å². The minimum absolute atomic E-state index is 0.230. The van der Waals surface area contributed by atoms with Crippen molar-refractivity contribution in [2.75, 3.05) is 18.0 Å². The van der Waals surface area contributed by atoms with Gasteiger partial charge in [0.2, 0.25) is 0 Å². The number of H-pyrrole nitrogens is 1. The summed E-state index contributed by atoms with van der Waals surface area (Å²) in [6.07, 6.45) is 3.37. The zero-order chi connectivity index (χ0) is 19.8. The number of aromatic amines is 1. The second-order valence-electron chi connectivity index (χ2n) is 7.13. The van der Waals surface area contributed by atoms with E-state index >= 15 is 0 Å². The summed E-state index contributed by atoms with van der Waals surface area (Å²) in [4.78, 5) is 15.3. The Morgan fingerprint density at radius 2 is 2.07 bits per heavy atom. The molecular formula is C21H19FN6O. The largest absolute Gasteiger partial charge is 0.388 e. The smallest absolute Gasteiger partial charge is 0.129 e. The number of aliphatic hydroxyl groups excluding tert-OH is 1. The second-order valence-corrected chi connectivity index (χ2v) is 7.13. The maximum atomic E-state index is 13.6. The number of halogens is 1. The first kappa shape index (κ1) is 17.7. The second kappa shape index (κ2) is 7.21. The Morgan fingerprint density at radius 3 is 2.90 bits per heavy atom. The first-order valence-electron chi connectivity index (χ1n) is 9.48. The highest BCUT2D eigenvalue weighted by atomic mass is 19.1. The van der Waals surface area contributed by atoms with E-state index in [1.54, 1.807) is 18.6 Å². The van der Waals surface area contributed by atoms with Gasteiger partial charge in [0.25, 0.3) is 0 Å². The van der Waals surface area contributed by atoms with Gasteiger partial charge in [-0.3, -0.25) is 15.1 Å². The average molecular weight is 390 g/mol. The van der Waals surface area contributed by atoms with Gasteiger partial charge in [-0.15, -0.1) is 0 Å². The number of nitrogens with one attached hydrogen (secondary N) is 1. The van der Waals surface area contributed by atoms with Gasteiger partial charge in [0.1, 0.15) is 23.8 Å². The highest BCUT2D eigenvalue weighted by Crippen LogP contribution is 2.29. The maximum absolute atomic E-state index is 13.6. The van der Waals surface area contributed by atoms with Gasteiger partial charge in [-0.05, 0) is 36.8 Å². The lowest BCUT2D eigenvalue weighted by Gasteiger charge is -2.33. The molecule has 0 bridgehead atoms. The van der Waals surface area contributed by atoms with Gasteiger partial charge in [-0.25, -0.2) is 9.37 Å². The maximum Gasteiger partial charge on any atom is 0.129 e. The highest BCUT2D eigenvalue weighted by molar-refractivity contribution is 5.93. The van der Waals surface area contributed by atoms with Crippen LogP contribution >= 0.6 is 0 Å². The van der Waals surface area contributed by atoms with Gasteiger partial charge in [-0.1, -0.05) is 6.07 Å². The molecule has 5 heterocycles. The number of nitrogens with zero attached hydrogens (tertiary/aromatic N) is 5. The minimum Gasteiger partial charge on any atom is -0.388 e. The Bertz CT molecular complexity index is 1150. The number of β-amino-alcohol motifs (C(OH)–C–C–N with tert-alkyl or cyclic N) is 1. The molecule has 0 aliphatic carbocycles. The van der Waals surface area contributed by atoms with E-state index in [1.807, 2.05) is 41.3 Å². The van der Waals surface area contributed by atoms with Crippen LogP contribution in [0.15, 0.2) is 55.0 Å². The number of anilines is 1. The molecule has 7 nitrogen and oxygen atoms in total. The average Bonchev–Trinajstić information content (AvgIpc) is 3.20. The number of piperidine rings is 1. The molecule has 4 aromatic heterocycles. The summed E-state index contributed by atoms with van der Waals surface area (Å²) in [5, 5.41) is 18.2. The molecule has 1 aliphatic heterocycles. The van der Waals surface area contributed by atoms with Crippen LogP contribution in [0, 0.1) is 0 Å². The van der Waals surface area contributed by atoms with E-state index in [4.69, 9.17) is 4.98 Å². The summed E-state index contributed by atoms with van der Waals surface area (Å²) in [6, 6.07) is 11.5. The number of aliphatic hydroxyl groups is 1. The van der Waals surface area contributed by atoms with Crippen LogP contribution in [0.3, 0.4) is 0 Å². The summed E-state index contributed by atoms with van der Waals surface area (Å²) in [7, 11) is 0. The lowest BCUT2D eigenvalue weighted by atomic mass is 10.1. The van der Waals surface area contributed by atoms with Crippen molar-refractivity contribution in [1.82, 2.24) is 25.1 Å². The number of hydrogen-bond acceptors (Lipinski definition) is 6. The first-order valence-corrected chi connectivity index (χ1v) is 9.48. The Hall–Kier alpha value is -3.39. The Balaban J connectivity index is 1.53. The predicted molar refractivity (Wildman–Crippen MR) is 108 cm³/mol. The molecular weight excluding hydrogens is 371 g/mol. The van der Waals surface area contributed by atoms with Crippen molar-refractivity contribution in [2.45, 2.75) is 18.7 Å². The Morgan fingerprint density at radius 1 is 1.14 bits per heavy atom. The number of fused-ring (bicyclic) bond motifs is 1. The van der Waals surface area contributed by atoms with Gasteiger partial charge < -0.3 is 10.0 Å². The lowest BCUT2D eigenvalue weighted by molar-refractivity contribution is 0.0643. The zero-order valence-electron chi connectivity index (χ0n) is 15.5. The van der Waals surface area contributed by atoms with Crippen LogP contribution in [0.2, 0.25) is 0 Å². The van der Waals surface area contributed by atoms with Crippen molar-refractivity contribution in [3.05, 3.63) is 55.0 Å². The van der Waals surface area contributed by atoms with E-state index in [0.29, 0.717) is 24.5 Å². The third-order valence-electron chi connectivity index (χ3n) is 5.21. The van der Waals surface area contributed by atoms with E-state index in [9.17, 15) is 9.50 Å². The summed E-state index contributed by atoms with van der Waals surface area (Å²) in [5.41, 5.74) is 3.96. The molecule has 2 unspecified atom stereocenters. The fourth-order valence-electron chi connectivity index (χ4n) is 3.63. The fraction of sp³-hybridized carbons (Fsp3) is 0.238.